The lowest BCUT2D eigenvalue weighted by Crippen LogP contribution is -2.41. The second-order valence-corrected chi connectivity index (χ2v) is 6.86. The zero-order valence-corrected chi connectivity index (χ0v) is 14.0. The number of nitriles is 1. The van der Waals surface area contributed by atoms with Gasteiger partial charge < -0.3 is 0 Å². The fraction of sp³-hybridized carbons (Fsp3) is 0.533. The zero-order chi connectivity index (χ0) is 14.1. The minimum absolute atomic E-state index is 0.381. The molecule has 1 unspecified atom stereocenters. The maximum Gasteiger partial charge on any atom is 0.103 e. The third kappa shape index (κ3) is 6.47. The van der Waals surface area contributed by atoms with E-state index in [-0.39, 0.29) is 5.54 Å². The molecule has 1 N–H and O–H groups in total. The van der Waals surface area contributed by atoms with E-state index in [1.54, 1.807) is 0 Å². The van der Waals surface area contributed by atoms with Gasteiger partial charge in [-0.2, -0.15) is 5.26 Å². The van der Waals surface area contributed by atoms with Crippen LogP contribution in [0.5, 0.6) is 0 Å². The van der Waals surface area contributed by atoms with Gasteiger partial charge in [-0.1, -0.05) is 28.9 Å². The van der Waals surface area contributed by atoms with Crippen molar-refractivity contribution in [3.05, 3.63) is 28.7 Å². The van der Waals surface area contributed by atoms with Crippen LogP contribution in [0.3, 0.4) is 0 Å². The van der Waals surface area contributed by atoms with E-state index < -0.39 is 0 Å². The second kappa shape index (κ2) is 8.63. The van der Waals surface area contributed by atoms with Gasteiger partial charge in [0, 0.05) is 9.37 Å². The molecule has 0 aliphatic carbocycles. The Balaban J connectivity index is 2.31. The summed E-state index contributed by atoms with van der Waals surface area (Å²) in [5.41, 5.74) is -0.381. The fourth-order valence-electron chi connectivity index (χ4n) is 1.76. The van der Waals surface area contributed by atoms with Gasteiger partial charge in [-0.25, -0.2) is 0 Å². The summed E-state index contributed by atoms with van der Waals surface area (Å²) in [6, 6.07) is 10.7. The number of nitrogens with one attached hydrogen (secondary N) is 1. The highest BCUT2D eigenvalue weighted by Crippen LogP contribution is 2.24. The molecule has 19 heavy (non-hydrogen) atoms. The third-order valence-electron chi connectivity index (χ3n) is 2.90. The first-order valence-corrected chi connectivity index (χ1v) is 8.42. The summed E-state index contributed by atoms with van der Waals surface area (Å²) >= 11 is 5.32. The highest BCUT2D eigenvalue weighted by molar-refractivity contribution is 9.10. The van der Waals surface area contributed by atoms with E-state index in [1.165, 1.54) is 4.90 Å². The number of hydrogen-bond acceptors (Lipinski definition) is 3. The van der Waals surface area contributed by atoms with Crippen molar-refractivity contribution in [3.8, 4) is 6.07 Å². The lowest BCUT2D eigenvalue weighted by molar-refractivity contribution is 0.415. The average Bonchev–Trinajstić information content (AvgIpc) is 2.42. The molecule has 0 radical (unpaired) electrons. The summed E-state index contributed by atoms with van der Waals surface area (Å²) in [7, 11) is 0. The molecule has 0 spiro atoms. The summed E-state index contributed by atoms with van der Waals surface area (Å²) in [5, 5.41) is 12.6. The van der Waals surface area contributed by atoms with Gasteiger partial charge in [0.1, 0.15) is 5.54 Å². The average molecular weight is 341 g/mol. The van der Waals surface area contributed by atoms with Crippen molar-refractivity contribution in [1.82, 2.24) is 5.32 Å². The molecular weight excluding hydrogens is 320 g/mol. The zero-order valence-electron chi connectivity index (χ0n) is 11.6. The highest BCUT2D eigenvalue weighted by atomic mass is 79.9. The predicted molar refractivity (Wildman–Crippen MR) is 86.4 cm³/mol. The van der Waals surface area contributed by atoms with Crippen LogP contribution in [-0.4, -0.2) is 17.8 Å². The molecule has 0 saturated heterocycles. The van der Waals surface area contributed by atoms with Crippen LogP contribution in [0.15, 0.2) is 33.6 Å². The largest absolute Gasteiger partial charge is 0.300 e. The van der Waals surface area contributed by atoms with Gasteiger partial charge >= 0.3 is 0 Å². The van der Waals surface area contributed by atoms with Gasteiger partial charge in [-0.3, -0.25) is 5.32 Å². The fourth-order valence-corrected chi connectivity index (χ4v) is 3.22. The molecule has 0 bridgehead atoms. The molecule has 104 valence electrons. The first-order chi connectivity index (χ1) is 9.09. The number of thioether (sulfide) groups is 1. The molecule has 0 heterocycles. The monoisotopic (exact) mass is 340 g/mol. The number of rotatable bonds is 8. The maximum atomic E-state index is 9.24. The smallest absolute Gasteiger partial charge is 0.103 e. The normalized spacial score (nSPS) is 13.8. The molecule has 0 aliphatic heterocycles. The van der Waals surface area contributed by atoms with Crippen LogP contribution in [0.1, 0.15) is 33.1 Å². The van der Waals surface area contributed by atoms with Crippen molar-refractivity contribution in [2.24, 2.45) is 0 Å². The van der Waals surface area contributed by atoms with Crippen LogP contribution in [0.25, 0.3) is 0 Å². The Morgan fingerprint density at radius 3 is 2.89 bits per heavy atom. The van der Waals surface area contributed by atoms with E-state index in [2.05, 4.69) is 52.4 Å². The van der Waals surface area contributed by atoms with Crippen molar-refractivity contribution in [2.45, 2.75) is 43.5 Å². The molecule has 0 amide bonds. The number of nitrogens with zero attached hydrogens (tertiary/aromatic N) is 1. The SMILES string of the molecule is CCCNC(C)(C#N)CCCSc1cccc(Br)c1. The molecule has 2 nitrogen and oxygen atoms in total. The number of hydrogen-bond donors (Lipinski definition) is 1. The summed E-state index contributed by atoms with van der Waals surface area (Å²) in [4.78, 5) is 1.27. The van der Waals surface area contributed by atoms with Gasteiger partial charge in [0.05, 0.1) is 6.07 Å². The lowest BCUT2D eigenvalue weighted by atomic mass is 9.98. The third-order valence-corrected chi connectivity index (χ3v) is 4.47. The maximum absolute atomic E-state index is 9.24. The predicted octanol–water partition coefficient (Wildman–Crippen LogP) is 4.60. The van der Waals surface area contributed by atoms with Gasteiger partial charge in [0.2, 0.25) is 0 Å². The standard InChI is InChI=1S/C15H21BrN2S/c1-3-9-18-15(2,12-17)8-5-10-19-14-7-4-6-13(16)11-14/h4,6-7,11,18H,3,5,8-10H2,1-2H3. The summed E-state index contributed by atoms with van der Waals surface area (Å²) in [5.74, 6) is 1.04. The van der Waals surface area contributed by atoms with Crippen molar-refractivity contribution in [2.75, 3.05) is 12.3 Å². The van der Waals surface area contributed by atoms with E-state index in [4.69, 9.17) is 0 Å². The summed E-state index contributed by atoms with van der Waals surface area (Å²) in [6.07, 6.45) is 2.99. The van der Waals surface area contributed by atoms with E-state index in [0.29, 0.717) is 0 Å². The molecule has 0 saturated carbocycles. The van der Waals surface area contributed by atoms with E-state index in [9.17, 15) is 5.26 Å². The summed E-state index contributed by atoms with van der Waals surface area (Å²) < 4.78 is 1.11. The number of halogens is 1. The Morgan fingerprint density at radius 2 is 2.26 bits per heavy atom. The van der Waals surface area contributed by atoms with Crippen LogP contribution in [0, 0.1) is 11.3 Å². The molecule has 1 aromatic carbocycles. The molecular formula is C15H21BrN2S. The van der Waals surface area contributed by atoms with Gasteiger partial charge in [0.15, 0.2) is 0 Å². The quantitative estimate of drug-likeness (QED) is 0.554. The highest BCUT2D eigenvalue weighted by Gasteiger charge is 2.21. The molecule has 1 atom stereocenters. The van der Waals surface area contributed by atoms with Crippen molar-refractivity contribution < 1.29 is 0 Å². The lowest BCUT2D eigenvalue weighted by Gasteiger charge is -2.22. The minimum atomic E-state index is -0.381. The Labute approximate surface area is 129 Å². The van der Waals surface area contributed by atoms with Gasteiger partial charge in [0.25, 0.3) is 0 Å². The molecule has 0 fully saturated rings. The van der Waals surface area contributed by atoms with Crippen LogP contribution >= 0.6 is 27.7 Å². The van der Waals surface area contributed by atoms with Crippen molar-refractivity contribution >= 4 is 27.7 Å². The summed E-state index contributed by atoms with van der Waals surface area (Å²) in [6.45, 7) is 5.02. The molecule has 0 aromatic heterocycles. The van der Waals surface area contributed by atoms with Crippen LogP contribution in [0.4, 0.5) is 0 Å². The van der Waals surface area contributed by atoms with Crippen molar-refractivity contribution in [3.63, 3.8) is 0 Å². The molecule has 0 aliphatic rings. The van der Waals surface area contributed by atoms with Crippen LogP contribution < -0.4 is 5.32 Å². The topological polar surface area (TPSA) is 35.8 Å². The molecule has 1 rings (SSSR count). The van der Waals surface area contributed by atoms with Crippen LogP contribution in [0.2, 0.25) is 0 Å². The van der Waals surface area contributed by atoms with E-state index in [1.807, 2.05) is 24.8 Å². The minimum Gasteiger partial charge on any atom is -0.300 e. The van der Waals surface area contributed by atoms with E-state index in [0.717, 1.165) is 36.0 Å². The molecule has 1 aromatic rings. The second-order valence-electron chi connectivity index (χ2n) is 4.78. The van der Waals surface area contributed by atoms with Crippen LogP contribution in [-0.2, 0) is 0 Å². The number of benzene rings is 1. The van der Waals surface area contributed by atoms with Gasteiger partial charge in [-0.15, -0.1) is 11.8 Å². The Bertz CT molecular complexity index is 430. The first-order valence-electron chi connectivity index (χ1n) is 6.64. The van der Waals surface area contributed by atoms with Gasteiger partial charge in [-0.05, 0) is 56.7 Å². The Morgan fingerprint density at radius 1 is 1.47 bits per heavy atom. The Hall–Kier alpha value is -0.500. The first kappa shape index (κ1) is 16.6. The van der Waals surface area contributed by atoms with Crippen molar-refractivity contribution in [1.29, 1.82) is 5.26 Å². The molecule has 4 heteroatoms. The van der Waals surface area contributed by atoms with E-state index >= 15 is 0 Å². The Kier molecular flexibility index (Phi) is 7.52.